The van der Waals surface area contributed by atoms with Gasteiger partial charge >= 0.3 is 12.1 Å². The normalized spacial score (nSPS) is 13.5. The number of aliphatic carboxylic acids is 1. The molecule has 1 fully saturated rings. The summed E-state index contributed by atoms with van der Waals surface area (Å²) >= 11 is 0. The quantitative estimate of drug-likeness (QED) is 0.329. The number of nitrogens with one attached hydrogen (secondary N) is 1. The largest absolute Gasteiger partial charge is 0.481 e. The van der Waals surface area contributed by atoms with Crippen molar-refractivity contribution in [2.75, 3.05) is 11.4 Å². The Morgan fingerprint density at radius 3 is 2.23 bits per heavy atom. The maximum absolute atomic E-state index is 13.7. The number of halogens is 2. The van der Waals surface area contributed by atoms with Crippen molar-refractivity contribution in [3.8, 4) is 5.75 Å². The first-order chi connectivity index (χ1) is 18.8. The first-order valence-corrected chi connectivity index (χ1v) is 12.9. The number of carboxylic acids is 1. The van der Waals surface area contributed by atoms with Gasteiger partial charge in [0.15, 0.2) is 11.6 Å². The summed E-state index contributed by atoms with van der Waals surface area (Å²) in [5, 5.41) is 11.3. The molecule has 0 unspecified atom stereocenters. The predicted molar refractivity (Wildman–Crippen MR) is 142 cm³/mol. The minimum absolute atomic E-state index is 0.0103. The number of rotatable bonds is 9. The lowest BCUT2D eigenvalue weighted by atomic mass is 9.84. The maximum Gasteiger partial charge on any atom is 0.420 e. The SMILES string of the molecule is O=C(O)CCNC(=O)c1ccc(CN(C(=O)Oc2ccc(F)c(F)c2)c2ccc(C3CCCCC3)cc2)cc1. The van der Waals surface area contributed by atoms with E-state index in [-0.39, 0.29) is 25.3 Å². The van der Waals surface area contributed by atoms with Crippen LogP contribution in [-0.4, -0.2) is 29.6 Å². The fourth-order valence-electron chi connectivity index (χ4n) is 4.65. The van der Waals surface area contributed by atoms with Crippen LogP contribution in [0.5, 0.6) is 5.75 Å². The Kier molecular flexibility index (Phi) is 9.25. The topological polar surface area (TPSA) is 95.9 Å². The summed E-state index contributed by atoms with van der Waals surface area (Å²) in [5.74, 6) is -3.22. The zero-order chi connectivity index (χ0) is 27.8. The van der Waals surface area contributed by atoms with Gasteiger partial charge in [0.2, 0.25) is 0 Å². The summed E-state index contributed by atoms with van der Waals surface area (Å²) in [4.78, 5) is 37.5. The molecule has 1 aliphatic rings. The predicted octanol–water partition coefficient (Wildman–Crippen LogP) is 6.42. The van der Waals surface area contributed by atoms with Crippen LogP contribution in [0.25, 0.3) is 0 Å². The second-order valence-corrected chi connectivity index (χ2v) is 9.55. The van der Waals surface area contributed by atoms with Gasteiger partial charge in [-0.05, 0) is 66.3 Å². The van der Waals surface area contributed by atoms with Crippen LogP contribution in [0.2, 0.25) is 0 Å². The maximum atomic E-state index is 13.7. The van der Waals surface area contributed by atoms with Gasteiger partial charge in [0, 0.05) is 23.9 Å². The van der Waals surface area contributed by atoms with Crippen molar-refractivity contribution in [1.29, 1.82) is 0 Å². The van der Waals surface area contributed by atoms with Crippen LogP contribution in [0.15, 0.2) is 66.7 Å². The fourth-order valence-corrected chi connectivity index (χ4v) is 4.65. The number of anilines is 1. The van der Waals surface area contributed by atoms with Crippen molar-refractivity contribution in [2.24, 2.45) is 0 Å². The summed E-state index contributed by atoms with van der Waals surface area (Å²) in [6.07, 6.45) is 4.97. The number of ether oxygens (including phenoxy) is 1. The van der Waals surface area contributed by atoms with E-state index in [1.54, 1.807) is 24.3 Å². The summed E-state index contributed by atoms with van der Waals surface area (Å²) in [6.45, 7) is 0.0998. The Bertz CT molecular complexity index is 1310. The van der Waals surface area contributed by atoms with E-state index >= 15 is 0 Å². The molecule has 2 N–H and O–H groups in total. The summed E-state index contributed by atoms with van der Waals surface area (Å²) in [5.41, 5.74) is 2.82. The van der Waals surface area contributed by atoms with Crippen molar-refractivity contribution in [3.05, 3.63) is 95.1 Å². The molecule has 0 saturated heterocycles. The number of hydrogen-bond donors (Lipinski definition) is 2. The molecule has 204 valence electrons. The Labute approximate surface area is 225 Å². The van der Waals surface area contributed by atoms with Crippen molar-refractivity contribution in [1.82, 2.24) is 5.32 Å². The summed E-state index contributed by atoms with van der Waals surface area (Å²) in [6, 6.07) is 17.1. The minimum Gasteiger partial charge on any atom is -0.481 e. The second kappa shape index (κ2) is 13.0. The third kappa shape index (κ3) is 7.63. The van der Waals surface area contributed by atoms with Gasteiger partial charge in [-0.15, -0.1) is 0 Å². The summed E-state index contributed by atoms with van der Waals surface area (Å²) in [7, 11) is 0. The van der Waals surface area contributed by atoms with Crippen molar-refractivity contribution < 1.29 is 33.0 Å². The van der Waals surface area contributed by atoms with E-state index in [0.29, 0.717) is 22.7 Å². The molecule has 0 atom stereocenters. The van der Waals surface area contributed by atoms with Gasteiger partial charge in [-0.25, -0.2) is 13.6 Å². The molecule has 0 spiro atoms. The minimum atomic E-state index is -1.12. The monoisotopic (exact) mass is 536 g/mol. The molecular formula is C30H30F2N2O5. The van der Waals surface area contributed by atoms with Crippen LogP contribution in [0.3, 0.4) is 0 Å². The fraction of sp³-hybridized carbons (Fsp3) is 0.300. The molecule has 7 nitrogen and oxygen atoms in total. The molecule has 9 heteroatoms. The molecule has 4 rings (SSSR count). The molecule has 3 aromatic carbocycles. The third-order valence-electron chi connectivity index (χ3n) is 6.78. The highest BCUT2D eigenvalue weighted by Gasteiger charge is 2.21. The molecule has 1 saturated carbocycles. The number of carboxylic acid groups (broad SMARTS) is 1. The lowest BCUT2D eigenvalue weighted by Crippen LogP contribution is -2.33. The molecule has 2 amide bonds. The Morgan fingerprint density at radius 1 is 0.897 bits per heavy atom. The van der Waals surface area contributed by atoms with Crippen molar-refractivity contribution in [3.63, 3.8) is 0 Å². The van der Waals surface area contributed by atoms with Crippen molar-refractivity contribution >= 4 is 23.7 Å². The van der Waals surface area contributed by atoms with Gasteiger partial charge < -0.3 is 15.2 Å². The van der Waals surface area contributed by atoms with Gasteiger partial charge in [-0.1, -0.05) is 43.5 Å². The van der Waals surface area contributed by atoms with Gasteiger partial charge in [0.05, 0.1) is 13.0 Å². The van der Waals surface area contributed by atoms with E-state index in [2.05, 4.69) is 5.32 Å². The molecule has 39 heavy (non-hydrogen) atoms. The third-order valence-corrected chi connectivity index (χ3v) is 6.78. The van der Waals surface area contributed by atoms with Gasteiger partial charge in [-0.3, -0.25) is 14.5 Å². The highest BCUT2D eigenvalue weighted by Crippen LogP contribution is 2.33. The summed E-state index contributed by atoms with van der Waals surface area (Å²) < 4.78 is 32.4. The molecule has 3 aromatic rings. The molecule has 0 aliphatic heterocycles. The van der Waals surface area contributed by atoms with Crippen LogP contribution in [0, 0.1) is 11.6 Å². The Balaban J connectivity index is 1.52. The standard InChI is InChI=1S/C30H30F2N2O5/c31-26-15-14-25(18-27(26)32)39-30(38)34(24-12-10-22(11-13-24)21-4-2-1-3-5-21)19-20-6-8-23(9-7-20)29(37)33-17-16-28(35)36/h6-15,18,21H,1-5,16-17,19H2,(H,33,37)(H,35,36). The Morgan fingerprint density at radius 2 is 1.59 bits per heavy atom. The molecule has 1 aliphatic carbocycles. The molecule has 0 heterocycles. The first kappa shape index (κ1) is 27.8. The van der Waals surface area contributed by atoms with Gasteiger partial charge in [-0.2, -0.15) is 0 Å². The highest BCUT2D eigenvalue weighted by atomic mass is 19.2. The molecular weight excluding hydrogens is 506 g/mol. The zero-order valence-corrected chi connectivity index (χ0v) is 21.4. The van der Waals surface area contributed by atoms with Crippen molar-refractivity contribution in [2.45, 2.75) is 51.0 Å². The molecule has 0 radical (unpaired) electrons. The number of hydrogen-bond acceptors (Lipinski definition) is 4. The number of nitrogens with zero attached hydrogens (tertiary/aromatic N) is 1. The lowest BCUT2D eigenvalue weighted by molar-refractivity contribution is -0.136. The van der Waals surface area contributed by atoms with Crippen LogP contribution < -0.4 is 15.0 Å². The van der Waals surface area contributed by atoms with E-state index < -0.39 is 29.6 Å². The van der Waals surface area contributed by atoms with E-state index in [4.69, 9.17) is 9.84 Å². The highest BCUT2D eigenvalue weighted by molar-refractivity contribution is 5.94. The van der Waals surface area contributed by atoms with Gasteiger partial charge in [0.25, 0.3) is 5.91 Å². The van der Waals surface area contributed by atoms with E-state index in [0.717, 1.165) is 25.0 Å². The number of amides is 2. The van der Waals surface area contributed by atoms with E-state index in [1.807, 2.05) is 24.3 Å². The van der Waals surface area contributed by atoms with E-state index in [1.165, 1.54) is 35.8 Å². The van der Waals surface area contributed by atoms with Crippen LogP contribution in [-0.2, 0) is 11.3 Å². The number of carbonyl (C=O) groups excluding carboxylic acids is 2. The zero-order valence-electron chi connectivity index (χ0n) is 21.4. The average molecular weight is 537 g/mol. The van der Waals surface area contributed by atoms with Crippen LogP contribution in [0.1, 0.15) is 65.9 Å². The molecule has 0 aromatic heterocycles. The van der Waals surface area contributed by atoms with Gasteiger partial charge in [0.1, 0.15) is 5.75 Å². The lowest BCUT2D eigenvalue weighted by Gasteiger charge is -2.25. The van der Waals surface area contributed by atoms with E-state index in [9.17, 15) is 23.2 Å². The number of carbonyl (C=O) groups is 3. The first-order valence-electron chi connectivity index (χ1n) is 12.9. The van der Waals surface area contributed by atoms with Crippen LogP contribution >= 0.6 is 0 Å². The smallest absolute Gasteiger partial charge is 0.420 e. The Hall–Kier alpha value is -4.27. The average Bonchev–Trinajstić information content (AvgIpc) is 2.94. The van der Waals surface area contributed by atoms with Crippen LogP contribution in [0.4, 0.5) is 19.3 Å². The number of benzene rings is 3. The second-order valence-electron chi connectivity index (χ2n) is 9.55. The molecule has 0 bridgehead atoms.